The number of amides is 1. The highest BCUT2D eigenvalue weighted by atomic mass is 16.2. The molecule has 2 heterocycles. The van der Waals surface area contributed by atoms with Crippen molar-refractivity contribution in [3.8, 4) is 0 Å². The van der Waals surface area contributed by atoms with E-state index >= 15 is 0 Å². The fourth-order valence-corrected chi connectivity index (χ4v) is 1.81. The maximum Gasteiger partial charge on any atom is 0.271 e. The minimum absolute atomic E-state index is 0.151. The standard InChI is InChI=1S/C12H16N6O2/c1-3-4-18-7-15-17-11(18)8(2)16-12(20)9-5-14-10(19)6-13-9/h5-8H,3-4H2,1-2H3,(H,14,19)(H,16,20)/t8-/m0/s1. The topological polar surface area (TPSA) is 106 Å². The first-order valence-electron chi connectivity index (χ1n) is 6.35. The minimum Gasteiger partial charge on any atom is -0.341 e. The van der Waals surface area contributed by atoms with Crippen LogP contribution in [-0.2, 0) is 6.54 Å². The van der Waals surface area contributed by atoms with Gasteiger partial charge in [-0.1, -0.05) is 6.92 Å². The van der Waals surface area contributed by atoms with E-state index in [0.29, 0.717) is 5.82 Å². The second kappa shape index (κ2) is 6.09. The lowest BCUT2D eigenvalue weighted by atomic mass is 10.3. The lowest BCUT2D eigenvalue weighted by Crippen LogP contribution is -2.30. The van der Waals surface area contributed by atoms with E-state index in [4.69, 9.17) is 0 Å². The molecule has 0 aliphatic rings. The highest BCUT2D eigenvalue weighted by molar-refractivity contribution is 5.92. The highest BCUT2D eigenvalue weighted by Crippen LogP contribution is 2.10. The molecule has 0 bridgehead atoms. The summed E-state index contributed by atoms with van der Waals surface area (Å²) >= 11 is 0. The van der Waals surface area contributed by atoms with Gasteiger partial charge in [0.1, 0.15) is 12.0 Å². The lowest BCUT2D eigenvalue weighted by Gasteiger charge is -2.14. The van der Waals surface area contributed by atoms with Gasteiger partial charge in [0.2, 0.25) is 0 Å². The molecule has 2 N–H and O–H groups in total. The first kappa shape index (κ1) is 13.9. The fourth-order valence-electron chi connectivity index (χ4n) is 1.81. The molecule has 0 aliphatic carbocycles. The fraction of sp³-hybridized carbons (Fsp3) is 0.417. The Labute approximate surface area is 115 Å². The normalized spacial score (nSPS) is 12.1. The monoisotopic (exact) mass is 276 g/mol. The molecule has 106 valence electrons. The Hall–Kier alpha value is -2.51. The van der Waals surface area contributed by atoms with Crippen LogP contribution in [0.3, 0.4) is 0 Å². The van der Waals surface area contributed by atoms with Crippen molar-refractivity contribution in [2.24, 2.45) is 0 Å². The number of rotatable bonds is 5. The molecule has 0 saturated heterocycles. The predicted molar refractivity (Wildman–Crippen MR) is 71.1 cm³/mol. The van der Waals surface area contributed by atoms with Crippen LogP contribution in [0.5, 0.6) is 0 Å². The molecule has 0 radical (unpaired) electrons. The van der Waals surface area contributed by atoms with Crippen molar-refractivity contribution >= 4 is 5.91 Å². The highest BCUT2D eigenvalue weighted by Gasteiger charge is 2.17. The van der Waals surface area contributed by atoms with E-state index < -0.39 is 0 Å². The molecule has 1 amide bonds. The van der Waals surface area contributed by atoms with Gasteiger partial charge in [0.25, 0.3) is 11.5 Å². The number of hydrogen-bond acceptors (Lipinski definition) is 5. The maximum atomic E-state index is 12.0. The van der Waals surface area contributed by atoms with Crippen LogP contribution >= 0.6 is 0 Å². The molecular formula is C12H16N6O2. The first-order valence-corrected chi connectivity index (χ1v) is 6.35. The Balaban J connectivity index is 2.08. The van der Waals surface area contributed by atoms with Crippen molar-refractivity contribution in [2.75, 3.05) is 0 Å². The molecular weight excluding hydrogens is 260 g/mol. The van der Waals surface area contributed by atoms with E-state index in [0.717, 1.165) is 19.2 Å². The average Bonchev–Trinajstić information content (AvgIpc) is 2.88. The van der Waals surface area contributed by atoms with Crippen LogP contribution < -0.4 is 10.9 Å². The second-order valence-electron chi connectivity index (χ2n) is 4.37. The molecule has 20 heavy (non-hydrogen) atoms. The zero-order valence-corrected chi connectivity index (χ0v) is 11.3. The van der Waals surface area contributed by atoms with Crippen LogP contribution in [0.2, 0.25) is 0 Å². The molecule has 0 aromatic carbocycles. The summed E-state index contributed by atoms with van der Waals surface area (Å²) in [6.07, 6.45) is 4.94. The minimum atomic E-state index is -0.375. The van der Waals surface area contributed by atoms with Crippen LogP contribution in [0.1, 0.15) is 42.6 Å². The van der Waals surface area contributed by atoms with Crippen molar-refractivity contribution in [3.63, 3.8) is 0 Å². The number of carbonyl (C=O) groups excluding carboxylic acids is 1. The molecule has 0 fully saturated rings. The first-order chi connectivity index (χ1) is 9.61. The van der Waals surface area contributed by atoms with Gasteiger partial charge in [0.05, 0.1) is 12.2 Å². The van der Waals surface area contributed by atoms with Crippen LogP contribution in [0.25, 0.3) is 0 Å². The van der Waals surface area contributed by atoms with Crippen molar-refractivity contribution in [1.82, 2.24) is 30.0 Å². The van der Waals surface area contributed by atoms with Crippen LogP contribution in [-0.4, -0.2) is 30.6 Å². The van der Waals surface area contributed by atoms with Gasteiger partial charge >= 0.3 is 0 Å². The quantitative estimate of drug-likeness (QED) is 0.815. The summed E-state index contributed by atoms with van der Waals surface area (Å²) in [6.45, 7) is 4.66. The Morgan fingerprint density at radius 3 is 3.00 bits per heavy atom. The zero-order chi connectivity index (χ0) is 14.5. The van der Waals surface area contributed by atoms with Crippen molar-refractivity contribution in [1.29, 1.82) is 0 Å². The number of hydrogen-bond donors (Lipinski definition) is 2. The molecule has 8 heteroatoms. The Morgan fingerprint density at radius 1 is 1.55 bits per heavy atom. The molecule has 2 aromatic rings. The van der Waals surface area contributed by atoms with Gasteiger partial charge in [-0.05, 0) is 13.3 Å². The summed E-state index contributed by atoms with van der Waals surface area (Å²) in [6, 6.07) is -0.301. The Bertz CT molecular complexity index is 627. The SMILES string of the molecule is CCCn1cnnc1[C@H](C)NC(=O)c1c[nH]c(=O)cn1. The molecule has 2 rings (SSSR count). The number of H-pyrrole nitrogens is 1. The molecule has 0 aliphatic heterocycles. The molecule has 0 saturated carbocycles. The van der Waals surface area contributed by atoms with Gasteiger partial charge in [-0.25, -0.2) is 4.98 Å². The van der Waals surface area contributed by atoms with Gasteiger partial charge in [-0.3, -0.25) is 9.59 Å². The van der Waals surface area contributed by atoms with Crippen LogP contribution in [0, 0.1) is 0 Å². The van der Waals surface area contributed by atoms with E-state index in [1.54, 1.807) is 6.33 Å². The summed E-state index contributed by atoms with van der Waals surface area (Å²) in [4.78, 5) is 29.1. The number of carbonyl (C=O) groups is 1. The third kappa shape index (κ3) is 3.08. The average molecular weight is 276 g/mol. The van der Waals surface area contributed by atoms with Gasteiger partial charge in [0, 0.05) is 12.7 Å². The van der Waals surface area contributed by atoms with Crippen molar-refractivity contribution < 1.29 is 4.79 Å². The summed E-state index contributed by atoms with van der Waals surface area (Å²) in [5.41, 5.74) is -0.199. The Morgan fingerprint density at radius 2 is 2.35 bits per heavy atom. The molecule has 0 spiro atoms. The van der Waals surface area contributed by atoms with E-state index in [-0.39, 0.29) is 23.2 Å². The summed E-state index contributed by atoms with van der Waals surface area (Å²) < 4.78 is 1.89. The van der Waals surface area contributed by atoms with E-state index in [2.05, 4.69) is 32.4 Å². The predicted octanol–water partition coefficient (Wildman–Crippen LogP) is 0.262. The van der Waals surface area contributed by atoms with Crippen molar-refractivity contribution in [2.45, 2.75) is 32.9 Å². The third-order valence-electron chi connectivity index (χ3n) is 2.75. The van der Waals surface area contributed by atoms with Gasteiger partial charge in [-0.15, -0.1) is 10.2 Å². The summed E-state index contributed by atoms with van der Waals surface area (Å²) in [5, 5.41) is 10.6. The Kier molecular flexibility index (Phi) is 4.24. The number of aromatic amines is 1. The molecule has 1 atom stereocenters. The van der Waals surface area contributed by atoms with Crippen LogP contribution in [0.4, 0.5) is 0 Å². The van der Waals surface area contributed by atoms with Gasteiger partial charge < -0.3 is 14.9 Å². The van der Waals surface area contributed by atoms with E-state index in [1.807, 2.05) is 11.5 Å². The largest absolute Gasteiger partial charge is 0.341 e. The molecule has 2 aromatic heterocycles. The third-order valence-corrected chi connectivity index (χ3v) is 2.75. The van der Waals surface area contributed by atoms with Crippen LogP contribution in [0.15, 0.2) is 23.5 Å². The smallest absolute Gasteiger partial charge is 0.271 e. The van der Waals surface area contributed by atoms with E-state index in [9.17, 15) is 9.59 Å². The number of aromatic nitrogens is 5. The van der Waals surface area contributed by atoms with Gasteiger partial charge in [0.15, 0.2) is 5.82 Å². The van der Waals surface area contributed by atoms with E-state index in [1.165, 1.54) is 6.20 Å². The maximum absolute atomic E-state index is 12.0. The number of nitrogens with zero attached hydrogens (tertiary/aromatic N) is 4. The molecule has 8 nitrogen and oxygen atoms in total. The summed E-state index contributed by atoms with van der Waals surface area (Å²) in [7, 11) is 0. The summed E-state index contributed by atoms with van der Waals surface area (Å²) in [5.74, 6) is 0.310. The lowest BCUT2D eigenvalue weighted by molar-refractivity contribution is 0.0932. The zero-order valence-electron chi connectivity index (χ0n) is 11.3. The van der Waals surface area contributed by atoms with Gasteiger partial charge in [-0.2, -0.15) is 0 Å². The molecule has 0 unspecified atom stereocenters. The number of nitrogens with one attached hydrogen (secondary N) is 2. The second-order valence-corrected chi connectivity index (χ2v) is 4.37. The number of aryl methyl sites for hydroxylation is 1. The van der Waals surface area contributed by atoms with Crippen molar-refractivity contribution in [3.05, 3.63) is 40.6 Å².